The first-order valence-electron chi connectivity index (χ1n) is 15.1. The number of hydrogen-bond acceptors (Lipinski definition) is 2. The number of aliphatic carboxylic acids is 2. The van der Waals surface area contributed by atoms with Gasteiger partial charge in [0.15, 0.2) is 0 Å². The van der Waals surface area contributed by atoms with Gasteiger partial charge in [-0.2, -0.15) is 0 Å². The van der Waals surface area contributed by atoms with E-state index in [1.807, 2.05) is 0 Å². The van der Waals surface area contributed by atoms with Crippen LogP contribution in [-0.4, -0.2) is 22.2 Å². The van der Waals surface area contributed by atoms with Crippen LogP contribution in [0.15, 0.2) is 0 Å². The summed E-state index contributed by atoms with van der Waals surface area (Å²) in [6, 6.07) is 0. The smallest absolute Gasteiger partial charge is 0.309 e. The maximum Gasteiger partial charge on any atom is 0.309 e. The van der Waals surface area contributed by atoms with E-state index in [0.29, 0.717) is 19.3 Å². The second kappa shape index (κ2) is 22.2. The minimum absolute atomic E-state index is 0.142. The molecule has 0 aliphatic carbocycles. The van der Waals surface area contributed by atoms with Crippen LogP contribution in [0, 0.1) is 17.3 Å². The Morgan fingerprint density at radius 1 is 0.514 bits per heavy atom. The van der Waals surface area contributed by atoms with Crippen LogP contribution in [-0.2, 0) is 9.59 Å². The maximum atomic E-state index is 12.4. The number of carboxylic acid groups (broad SMARTS) is 2. The third-order valence-corrected chi connectivity index (χ3v) is 7.62. The molecule has 0 aromatic carbocycles. The van der Waals surface area contributed by atoms with Gasteiger partial charge in [-0.1, -0.05) is 137 Å². The van der Waals surface area contributed by atoms with Crippen molar-refractivity contribution in [3.05, 3.63) is 0 Å². The fraction of sp³-hybridized carbons (Fsp3) is 0.935. The Morgan fingerprint density at radius 3 is 1.14 bits per heavy atom. The summed E-state index contributed by atoms with van der Waals surface area (Å²) in [5.74, 6) is 0.150. The van der Waals surface area contributed by atoms with E-state index in [-0.39, 0.29) is 6.42 Å². The lowest BCUT2D eigenvalue weighted by Crippen LogP contribution is -2.31. The van der Waals surface area contributed by atoms with Crippen molar-refractivity contribution in [1.29, 1.82) is 0 Å². The molecule has 0 bridgehead atoms. The van der Waals surface area contributed by atoms with Gasteiger partial charge in [0.25, 0.3) is 0 Å². The lowest BCUT2D eigenvalue weighted by atomic mass is 9.74. The Kier molecular flexibility index (Phi) is 21.5. The second-order valence-electron chi connectivity index (χ2n) is 12.0. The third-order valence-electron chi connectivity index (χ3n) is 7.62. The highest BCUT2D eigenvalue weighted by molar-refractivity contribution is 5.74. The first kappa shape index (κ1) is 33.9. The Bertz CT molecular complexity index is 486. The van der Waals surface area contributed by atoms with E-state index in [2.05, 4.69) is 27.7 Å². The van der Waals surface area contributed by atoms with Gasteiger partial charge in [-0.15, -0.1) is 0 Å². The van der Waals surface area contributed by atoms with Crippen molar-refractivity contribution in [3.63, 3.8) is 0 Å². The van der Waals surface area contributed by atoms with Crippen molar-refractivity contribution < 1.29 is 19.8 Å². The highest BCUT2D eigenvalue weighted by Crippen LogP contribution is 2.38. The lowest BCUT2D eigenvalue weighted by molar-refractivity contribution is -0.150. The molecule has 0 aromatic rings. The molecule has 0 amide bonds. The standard InChI is InChI=1S/C31H60O4/c1-27(2)21-15-11-7-5-9-13-18-24-31(30(34)35,26-20-17-23-29(32)33)25-19-14-10-6-8-12-16-22-28(3)4/h27-28H,5-26H2,1-4H3,(H,32,33)(H,34,35). The molecule has 0 aromatic heterocycles. The fourth-order valence-corrected chi connectivity index (χ4v) is 5.24. The van der Waals surface area contributed by atoms with Crippen LogP contribution in [0.25, 0.3) is 0 Å². The zero-order valence-electron chi connectivity index (χ0n) is 23.9. The minimum atomic E-state index is -0.785. The zero-order chi connectivity index (χ0) is 26.4. The molecule has 2 N–H and O–H groups in total. The molecule has 208 valence electrons. The number of hydrogen-bond donors (Lipinski definition) is 2. The molecule has 0 heterocycles. The molecule has 0 saturated carbocycles. The van der Waals surface area contributed by atoms with Gasteiger partial charge in [-0.25, -0.2) is 0 Å². The van der Waals surface area contributed by atoms with Crippen molar-refractivity contribution in [3.8, 4) is 0 Å². The summed E-state index contributed by atoms with van der Waals surface area (Å²) in [5.41, 5.74) is -0.660. The average Bonchev–Trinajstić information content (AvgIpc) is 2.78. The predicted octanol–water partition coefficient (Wildman–Crippen LogP) is 10.0. The van der Waals surface area contributed by atoms with E-state index >= 15 is 0 Å². The summed E-state index contributed by atoms with van der Waals surface area (Å²) in [6.07, 6.45) is 23.2. The van der Waals surface area contributed by atoms with Gasteiger partial charge >= 0.3 is 11.9 Å². The average molecular weight is 497 g/mol. The summed E-state index contributed by atoms with van der Waals surface area (Å²) in [5, 5.41) is 19.2. The number of unbranched alkanes of at least 4 members (excludes halogenated alkanes) is 13. The van der Waals surface area contributed by atoms with Crippen LogP contribution < -0.4 is 0 Å². The predicted molar refractivity (Wildman–Crippen MR) is 149 cm³/mol. The summed E-state index contributed by atoms with van der Waals surface area (Å²) >= 11 is 0. The van der Waals surface area contributed by atoms with Crippen LogP contribution in [0.4, 0.5) is 0 Å². The van der Waals surface area contributed by atoms with Gasteiger partial charge in [0.1, 0.15) is 0 Å². The SMILES string of the molecule is CC(C)CCCCCCCCCC(CCCCCCCCCC(C)C)(CCCCC(=O)O)C(=O)O. The Labute approximate surface area is 218 Å². The summed E-state index contributed by atoms with van der Waals surface area (Å²) in [4.78, 5) is 23.3. The molecule has 0 rings (SSSR count). The largest absolute Gasteiger partial charge is 0.481 e. The molecule has 35 heavy (non-hydrogen) atoms. The molecule has 0 spiro atoms. The van der Waals surface area contributed by atoms with Crippen molar-refractivity contribution >= 4 is 11.9 Å². The summed E-state index contributed by atoms with van der Waals surface area (Å²) in [6.45, 7) is 9.13. The third kappa shape index (κ3) is 20.8. The second-order valence-corrected chi connectivity index (χ2v) is 12.0. The van der Waals surface area contributed by atoms with Gasteiger partial charge in [0.05, 0.1) is 5.41 Å². The van der Waals surface area contributed by atoms with Gasteiger partial charge in [0, 0.05) is 6.42 Å². The Balaban J connectivity index is 4.39. The summed E-state index contributed by atoms with van der Waals surface area (Å²) in [7, 11) is 0. The van der Waals surface area contributed by atoms with Crippen molar-refractivity contribution in [2.75, 3.05) is 0 Å². The van der Waals surface area contributed by atoms with Crippen molar-refractivity contribution in [1.82, 2.24) is 0 Å². The van der Waals surface area contributed by atoms with Crippen LogP contribution in [0.1, 0.15) is 169 Å². The molecular weight excluding hydrogens is 436 g/mol. The van der Waals surface area contributed by atoms with Crippen molar-refractivity contribution in [2.45, 2.75) is 169 Å². The molecular formula is C31H60O4. The molecule has 0 saturated heterocycles. The monoisotopic (exact) mass is 496 g/mol. The Hall–Kier alpha value is -1.06. The van der Waals surface area contributed by atoms with Gasteiger partial charge < -0.3 is 10.2 Å². The van der Waals surface area contributed by atoms with Gasteiger partial charge in [-0.05, 0) is 37.5 Å². The molecule has 0 aliphatic heterocycles. The fourth-order valence-electron chi connectivity index (χ4n) is 5.24. The van der Waals surface area contributed by atoms with Crippen LogP contribution in [0.5, 0.6) is 0 Å². The van der Waals surface area contributed by atoms with Gasteiger partial charge in [0.2, 0.25) is 0 Å². The van der Waals surface area contributed by atoms with Crippen LogP contribution in [0.2, 0.25) is 0 Å². The first-order valence-corrected chi connectivity index (χ1v) is 15.1. The first-order chi connectivity index (χ1) is 16.7. The topological polar surface area (TPSA) is 74.6 Å². The molecule has 4 nitrogen and oxygen atoms in total. The summed E-state index contributed by atoms with van der Waals surface area (Å²) < 4.78 is 0. The molecule has 0 radical (unpaired) electrons. The van der Waals surface area contributed by atoms with Crippen LogP contribution >= 0.6 is 0 Å². The molecule has 0 fully saturated rings. The van der Waals surface area contributed by atoms with E-state index in [1.165, 1.54) is 77.0 Å². The molecule has 4 heteroatoms. The number of rotatable bonds is 26. The van der Waals surface area contributed by atoms with Crippen molar-refractivity contribution in [2.24, 2.45) is 17.3 Å². The normalized spacial score (nSPS) is 12.1. The number of carboxylic acids is 2. The van der Waals surface area contributed by atoms with E-state index in [4.69, 9.17) is 5.11 Å². The van der Waals surface area contributed by atoms with Crippen LogP contribution in [0.3, 0.4) is 0 Å². The lowest BCUT2D eigenvalue weighted by Gasteiger charge is -2.30. The zero-order valence-corrected chi connectivity index (χ0v) is 23.9. The van der Waals surface area contributed by atoms with E-state index < -0.39 is 17.4 Å². The van der Waals surface area contributed by atoms with E-state index in [9.17, 15) is 14.7 Å². The quantitative estimate of drug-likeness (QED) is 0.117. The van der Waals surface area contributed by atoms with E-state index in [0.717, 1.165) is 50.4 Å². The van der Waals surface area contributed by atoms with Gasteiger partial charge in [-0.3, -0.25) is 9.59 Å². The molecule has 0 atom stereocenters. The molecule has 0 unspecified atom stereocenters. The molecule has 0 aliphatic rings. The maximum absolute atomic E-state index is 12.4. The highest BCUT2D eigenvalue weighted by atomic mass is 16.4. The minimum Gasteiger partial charge on any atom is -0.481 e. The number of carbonyl (C=O) groups is 2. The van der Waals surface area contributed by atoms with E-state index in [1.54, 1.807) is 0 Å². The highest BCUT2D eigenvalue weighted by Gasteiger charge is 2.36. The Morgan fingerprint density at radius 2 is 0.829 bits per heavy atom.